The Bertz CT molecular complexity index is 321. The van der Waals surface area contributed by atoms with Crippen molar-refractivity contribution in [3.8, 4) is 0 Å². The molecule has 0 spiro atoms. The number of piperazine rings is 1. The summed E-state index contributed by atoms with van der Waals surface area (Å²) in [5.74, 6) is -0.0528. The van der Waals surface area contributed by atoms with E-state index in [0.29, 0.717) is 19.6 Å². The van der Waals surface area contributed by atoms with E-state index in [1.807, 2.05) is 4.90 Å². The standard InChI is InChI=1S/C13H22N2O4/c1-18-12(16)4-5-14-6-8-15(9-7-14)13(17)11-3-2-10-19-11/h11H,2-10H2,1H3. The predicted molar refractivity (Wildman–Crippen MR) is 68.6 cm³/mol. The van der Waals surface area contributed by atoms with Crippen LogP contribution in [0.4, 0.5) is 0 Å². The second-order valence-electron chi connectivity index (χ2n) is 4.99. The van der Waals surface area contributed by atoms with Gasteiger partial charge in [-0.05, 0) is 12.8 Å². The minimum absolute atomic E-state index is 0.130. The zero-order valence-corrected chi connectivity index (χ0v) is 11.5. The molecule has 1 atom stereocenters. The second-order valence-corrected chi connectivity index (χ2v) is 4.99. The Hall–Kier alpha value is -1.14. The number of rotatable bonds is 4. The molecule has 19 heavy (non-hydrogen) atoms. The van der Waals surface area contributed by atoms with Gasteiger partial charge < -0.3 is 14.4 Å². The number of hydrogen-bond donors (Lipinski definition) is 0. The second kappa shape index (κ2) is 6.86. The number of nitrogens with zero attached hydrogens (tertiary/aromatic N) is 2. The highest BCUT2D eigenvalue weighted by Crippen LogP contribution is 2.16. The van der Waals surface area contributed by atoms with Crippen LogP contribution in [0.2, 0.25) is 0 Å². The quantitative estimate of drug-likeness (QED) is 0.666. The van der Waals surface area contributed by atoms with Crippen molar-refractivity contribution in [3.63, 3.8) is 0 Å². The van der Waals surface area contributed by atoms with Crippen LogP contribution in [0.1, 0.15) is 19.3 Å². The molecule has 0 saturated carbocycles. The Balaban J connectivity index is 1.69. The lowest BCUT2D eigenvalue weighted by Crippen LogP contribution is -2.51. The largest absolute Gasteiger partial charge is 0.469 e. The van der Waals surface area contributed by atoms with Crippen molar-refractivity contribution in [2.75, 3.05) is 46.4 Å². The third-order valence-electron chi connectivity index (χ3n) is 3.75. The summed E-state index contributed by atoms with van der Waals surface area (Å²) in [5, 5.41) is 0. The van der Waals surface area contributed by atoms with Crippen LogP contribution in [0.15, 0.2) is 0 Å². The van der Waals surface area contributed by atoms with Gasteiger partial charge in [-0.3, -0.25) is 14.5 Å². The molecular weight excluding hydrogens is 248 g/mol. The molecule has 0 aromatic carbocycles. The summed E-state index contributed by atoms with van der Waals surface area (Å²) in [4.78, 5) is 27.3. The van der Waals surface area contributed by atoms with Crippen molar-refractivity contribution >= 4 is 11.9 Å². The number of amides is 1. The van der Waals surface area contributed by atoms with Gasteiger partial charge in [0, 0.05) is 39.3 Å². The molecule has 1 amide bonds. The van der Waals surface area contributed by atoms with Gasteiger partial charge in [-0.2, -0.15) is 0 Å². The van der Waals surface area contributed by atoms with Gasteiger partial charge in [0.2, 0.25) is 0 Å². The van der Waals surface area contributed by atoms with E-state index >= 15 is 0 Å². The summed E-state index contributed by atoms with van der Waals surface area (Å²) >= 11 is 0. The Morgan fingerprint density at radius 3 is 2.58 bits per heavy atom. The highest BCUT2D eigenvalue weighted by atomic mass is 16.5. The maximum absolute atomic E-state index is 12.1. The van der Waals surface area contributed by atoms with Crippen molar-refractivity contribution in [1.29, 1.82) is 0 Å². The Kier molecular flexibility index (Phi) is 5.15. The summed E-state index contributed by atoms with van der Waals surface area (Å²) in [5.41, 5.74) is 0. The molecule has 6 heteroatoms. The summed E-state index contributed by atoms with van der Waals surface area (Å²) < 4.78 is 10.0. The van der Waals surface area contributed by atoms with Crippen LogP contribution in [-0.2, 0) is 19.1 Å². The average molecular weight is 270 g/mol. The van der Waals surface area contributed by atoms with Crippen LogP contribution in [0.3, 0.4) is 0 Å². The van der Waals surface area contributed by atoms with Crippen LogP contribution < -0.4 is 0 Å². The molecule has 0 aromatic heterocycles. The molecule has 2 heterocycles. The first-order valence-corrected chi connectivity index (χ1v) is 6.90. The molecule has 0 radical (unpaired) electrons. The maximum atomic E-state index is 12.1. The van der Waals surface area contributed by atoms with E-state index < -0.39 is 0 Å². The van der Waals surface area contributed by atoms with Gasteiger partial charge >= 0.3 is 5.97 Å². The molecule has 2 aliphatic rings. The Morgan fingerprint density at radius 1 is 1.26 bits per heavy atom. The van der Waals surface area contributed by atoms with E-state index in [4.69, 9.17) is 4.74 Å². The Morgan fingerprint density at radius 2 is 2.00 bits per heavy atom. The fourth-order valence-corrected chi connectivity index (χ4v) is 2.52. The van der Waals surface area contributed by atoms with Gasteiger partial charge in [0.05, 0.1) is 13.5 Å². The molecule has 2 aliphatic heterocycles. The third-order valence-corrected chi connectivity index (χ3v) is 3.75. The van der Waals surface area contributed by atoms with Crippen molar-refractivity contribution in [2.24, 2.45) is 0 Å². The molecule has 0 aliphatic carbocycles. The fourth-order valence-electron chi connectivity index (χ4n) is 2.52. The summed E-state index contributed by atoms with van der Waals surface area (Å²) in [6, 6.07) is 0. The number of carbonyl (C=O) groups is 2. The summed E-state index contributed by atoms with van der Waals surface area (Å²) in [6.07, 6.45) is 2.02. The number of ether oxygens (including phenoxy) is 2. The van der Waals surface area contributed by atoms with Gasteiger partial charge in [-0.15, -0.1) is 0 Å². The molecule has 2 fully saturated rings. The van der Waals surface area contributed by atoms with Crippen molar-refractivity contribution in [2.45, 2.75) is 25.4 Å². The molecule has 0 aromatic rings. The molecule has 6 nitrogen and oxygen atoms in total. The van der Waals surface area contributed by atoms with Crippen LogP contribution in [0.25, 0.3) is 0 Å². The zero-order chi connectivity index (χ0) is 13.7. The maximum Gasteiger partial charge on any atom is 0.306 e. The number of methoxy groups -OCH3 is 1. The molecule has 0 N–H and O–H groups in total. The van der Waals surface area contributed by atoms with Crippen LogP contribution in [0, 0.1) is 0 Å². The Labute approximate surface area is 113 Å². The van der Waals surface area contributed by atoms with E-state index in [1.54, 1.807) is 0 Å². The van der Waals surface area contributed by atoms with E-state index in [9.17, 15) is 9.59 Å². The lowest BCUT2D eigenvalue weighted by atomic mass is 10.2. The molecular formula is C13H22N2O4. The van der Waals surface area contributed by atoms with Crippen LogP contribution in [-0.4, -0.2) is 74.2 Å². The van der Waals surface area contributed by atoms with Gasteiger partial charge in [0.25, 0.3) is 5.91 Å². The molecule has 1 unspecified atom stereocenters. The molecule has 108 valence electrons. The summed E-state index contributed by atoms with van der Waals surface area (Å²) in [7, 11) is 1.40. The van der Waals surface area contributed by atoms with Gasteiger partial charge in [0.15, 0.2) is 0 Å². The monoisotopic (exact) mass is 270 g/mol. The van der Waals surface area contributed by atoms with Crippen LogP contribution in [0.5, 0.6) is 0 Å². The smallest absolute Gasteiger partial charge is 0.306 e. The van der Waals surface area contributed by atoms with Crippen molar-refractivity contribution < 1.29 is 19.1 Å². The third kappa shape index (κ3) is 3.91. The van der Waals surface area contributed by atoms with E-state index in [1.165, 1.54) is 7.11 Å². The van der Waals surface area contributed by atoms with Crippen LogP contribution >= 0.6 is 0 Å². The van der Waals surface area contributed by atoms with Gasteiger partial charge in [0.1, 0.15) is 6.10 Å². The highest BCUT2D eigenvalue weighted by Gasteiger charge is 2.30. The molecule has 2 saturated heterocycles. The number of esters is 1. The SMILES string of the molecule is COC(=O)CCN1CCN(C(=O)C2CCCO2)CC1. The normalized spacial score (nSPS) is 24.5. The topological polar surface area (TPSA) is 59.1 Å². The molecule has 0 bridgehead atoms. The highest BCUT2D eigenvalue weighted by molar-refractivity contribution is 5.81. The summed E-state index contributed by atoms with van der Waals surface area (Å²) in [6.45, 7) is 4.48. The zero-order valence-electron chi connectivity index (χ0n) is 11.5. The first-order valence-electron chi connectivity index (χ1n) is 6.90. The first kappa shape index (κ1) is 14.3. The number of hydrogen-bond acceptors (Lipinski definition) is 5. The lowest BCUT2D eigenvalue weighted by Gasteiger charge is -2.35. The lowest BCUT2D eigenvalue weighted by molar-refractivity contribution is -0.144. The molecule has 2 rings (SSSR count). The minimum atomic E-state index is -0.221. The first-order chi connectivity index (χ1) is 9.20. The van der Waals surface area contributed by atoms with Crippen molar-refractivity contribution in [3.05, 3.63) is 0 Å². The fraction of sp³-hybridized carbons (Fsp3) is 0.846. The van der Waals surface area contributed by atoms with E-state index in [-0.39, 0.29) is 18.0 Å². The average Bonchev–Trinajstić information content (AvgIpc) is 2.98. The van der Waals surface area contributed by atoms with Crippen molar-refractivity contribution in [1.82, 2.24) is 9.80 Å². The minimum Gasteiger partial charge on any atom is -0.469 e. The van der Waals surface area contributed by atoms with Gasteiger partial charge in [-0.25, -0.2) is 0 Å². The van der Waals surface area contributed by atoms with E-state index in [0.717, 1.165) is 39.0 Å². The predicted octanol–water partition coefficient (Wildman–Crippen LogP) is -0.127. The number of carbonyl (C=O) groups excluding carboxylic acids is 2. The van der Waals surface area contributed by atoms with Gasteiger partial charge in [-0.1, -0.05) is 0 Å². The van der Waals surface area contributed by atoms with E-state index in [2.05, 4.69) is 9.64 Å².